The van der Waals surface area contributed by atoms with Crippen molar-refractivity contribution in [3.05, 3.63) is 0 Å². The normalized spacial score (nSPS) is 10.0. The van der Waals surface area contributed by atoms with Gasteiger partial charge in [-0.05, 0) is 6.42 Å². The van der Waals surface area contributed by atoms with E-state index < -0.39 is 0 Å². The molecule has 0 unspecified atom stereocenters. The zero-order valence-electron chi connectivity index (χ0n) is 8.44. The molecule has 0 aromatic carbocycles. The van der Waals surface area contributed by atoms with Crippen molar-refractivity contribution in [1.29, 1.82) is 0 Å². The Morgan fingerprint density at radius 2 is 1.92 bits per heavy atom. The van der Waals surface area contributed by atoms with Gasteiger partial charge < -0.3 is 5.32 Å². The third kappa shape index (κ3) is 9.68. The third-order valence-electron chi connectivity index (χ3n) is 1.92. The molecule has 0 aromatic rings. The maximum atomic E-state index is 10.9. The molecule has 0 saturated carbocycles. The summed E-state index contributed by atoms with van der Waals surface area (Å²) in [6, 6.07) is 0. The number of amides is 1. The number of rotatable bonds is 8. The van der Waals surface area contributed by atoms with Crippen LogP contribution in [0.25, 0.3) is 0 Å². The summed E-state index contributed by atoms with van der Waals surface area (Å²) >= 11 is 5.42. The minimum absolute atomic E-state index is 0.0745. The highest BCUT2D eigenvalue weighted by molar-refractivity contribution is 6.18. The SMILES string of the molecule is CCCCCCCNC(=O)CCCl. The highest BCUT2D eigenvalue weighted by Crippen LogP contribution is 2.01. The van der Waals surface area contributed by atoms with Crippen LogP contribution >= 0.6 is 11.6 Å². The van der Waals surface area contributed by atoms with Crippen LogP contribution in [0.2, 0.25) is 0 Å². The van der Waals surface area contributed by atoms with E-state index in [0.717, 1.165) is 13.0 Å². The van der Waals surface area contributed by atoms with Gasteiger partial charge in [-0.1, -0.05) is 32.6 Å². The van der Waals surface area contributed by atoms with E-state index in [1.54, 1.807) is 0 Å². The second-order valence-electron chi connectivity index (χ2n) is 3.20. The van der Waals surface area contributed by atoms with Gasteiger partial charge in [0.05, 0.1) is 0 Å². The molecular formula is C10H20ClNO. The second-order valence-corrected chi connectivity index (χ2v) is 3.58. The van der Waals surface area contributed by atoms with Crippen LogP contribution in [0.5, 0.6) is 0 Å². The Morgan fingerprint density at radius 3 is 2.54 bits per heavy atom. The molecular weight excluding hydrogens is 186 g/mol. The van der Waals surface area contributed by atoms with Crippen LogP contribution in [0.1, 0.15) is 45.4 Å². The monoisotopic (exact) mass is 205 g/mol. The predicted molar refractivity (Wildman–Crippen MR) is 57.1 cm³/mol. The Kier molecular flexibility index (Phi) is 9.66. The number of unbranched alkanes of at least 4 members (excludes halogenated alkanes) is 4. The summed E-state index contributed by atoms with van der Waals surface area (Å²) < 4.78 is 0. The molecule has 13 heavy (non-hydrogen) atoms. The molecule has 0 aliphatic carbocycles. The minimum atomic E-state index is 0.0745. The first kappa shape index (κ1) is 12.8. The van der Waals surface area contributed by atoms with Gasteiger partial charge in [0, 0.05) is 18.8 Å². The largest absolute Gasteiger partial charge is 0.356 e. The number of hydrogen-bond acceptors (Lipinski definition) is 1. The van der Waals surface area contributed by atoms with E-state index in [0.29, 0.717) is 12.3 Å². The Balaban J connectivity index is 3.02. The Bertz CT molecular complexity index is 128. The van der Waals surface area contributed by atoms with Crippen molar-refractivity contribution < 1.29 is 4.79 Å². The van der Waals surface area contributed by atoms with Crippen molar-refractivity contribution >= 4 is 17.5 Å². The zero-order chi connectivity index (χ0) is 9.94. The number of carbonyl (C=O) groups is 1. The molecule has 0 aromatic heterocycles. The Morgan fingerprint density at radius 1 is 1.23 bits per heavy atom. The molecule has 0 spiro atoms. The number of hydrogen-bond donors (Lipinski definition) is 1. The van der Waals surface area contributed by atoms with Crippen molar-refractivity contribution in [2.45, 2.75) is 45.4 Å². The van der Waals surface area contributed by atoms with Gasteiger partial charge in [0.15, 0.2) is 0 Å². The number of nitrogens with one attached hydrogen (secondary N) is 1. The number of halogens is 1. The lowest BCUT2D eigenvalue weighted by Crippen LogP contribution is -2.24. The first-order chi connectivity index (χ1) is 6.31. The first-order valence-corrected chi connectivity index (χ1v) is 5.67. The summed E-state index contributed by atoms with van der Waals surface area (Å²) in [5, 5.41) is 2.84. The highest BCUT2D eigenvalue weighted by atomic mass is 35.5. The van der Waals surface area contributed by atoms with Crippen LogP contribution in [-0.4, -0.2) is 18.3 Å². The van der Waals surface area contributed by atoms with Crippen LogP contribution in [-0.2, 0) is 4.79 Å². The van der Waals surface area contributed by atoms with E-state index in [2.05, 4.69) is 12.2 Å². The summed E-state index contributed by atoms with van der Waals surface area (Å²) in [5.74, 6) is 0.493. The molecule has 0 saturated heterocycles. The van der Waals surface area contributed by atoms with Crippen LogP contribution in [0.4, 0.5) is 0 Å². The molecule has 1 amide bonds. The van der Waals surface area contributed by atoms with Crippen molar-refractivity contribution in [3.63, 3.8) is 0 Å². The summed E-state index contributed by atoms with van der Waals surface area (Å²) in [6.07, 6.45) is 6.59. The molecule has 0 rings (SSSR count). The van der Waals surface area contributed by atoms with Crippen molar-refractivity contribution in [2.75, 3.05) is 12.4 Å². The highest BCUT2D eigenvalue weighted by Gasteiger charge is 1.97. The van der Waals surface area contributed by atoms with Crippen molar-refractivity contribution in [1.82, 2.24) is 5.32 Å². The van der Waals surface area contributed by atoms with Crippen molar-refractivity contribution in [2.24, 2.45) is 0 Å². The number of carbonyl (C=O) groups excluding carboxylic acids is 1. The molecule has 0 bridgehead atoms. The molecule has 0 aliphatic heterocycles. The quantitative estimate of drug-likeness (QED) is 0.479. The Labute approximate surface area is 86.0 Å². The summed E-state index contributed by atoms with van der Waals surface area (Å²) in [5.41, 5.74) is 0. The summed E-state index contributed by atoms with van der Waals surface area (Å²) in [4.78, 5) is 10.9. The summed E-state index contributed by atoms with van der Waals surface area (Å²) in [6.45, 7) is 3.00. The molecule has 1 N–H and O–H groups in total. The molecule has 0 fully saturated rings. The second kappa shape index (κ2) is 9.85. The molecule has 78 valence electrons. The maximum Gasteiger partial charge on any atom is 0.221 e. The minimum Gasteiger partial charge on any atom is -0.356 e. The van der Waals surface area contributed by atoms with Gasteiger partial charge in [0.25, 0.3) is 0 Å². The smallest absolute Gasteiger partial charge is 0.221 e. The topological polar surface area (TPSA) is 29.1 Å². The molecule has 0 heterocycles. The average Bonchev–Trinajstić information content (AvgIpc) is 2.11. The molecule has 0 aliphatic rings. The van der Waals surface area contributed by atoms with Crippen LogP contribution in [0, 0.1) is 0 Å². The average molecular weight is 206 g/mol. The molecule has 0 radical (unpaired) electrons. The fourth-order valence-corrected chi connectivity index (χ4v) is 1.30. The lowest BCUT2D eigenvalue weighted by molar-refractivity contribution is -0.120. The van der Waals surface area contributed by atoms with E-state index in [-0.39, 0.29) is 5.91 Å². The van der Waals surface area contributed by atoms with E-state index >= 15 is 0 Å². The lowest BCUT2D eigenvalue weighted by Gasteiger charge is -2.03. The lowest BCUT2D eigenvalue weighted by atomic mass is 10.1. The standard InChI is InChI=1S/C10H20ClNO/c1-2-3-4-5-6-9-12-10(13)7-8-11/h2-9H2,1H3,(H,12,13). The Hall–Kier alpha value is -0.240. The van der Waals surface area contributed by atoms with Crippen molar-refractivity contribution in [3.8, 4) is 0 Å². The molecule has 2 nitrogen and oxygen atoms in total. The van der Waals surface area contributed by atoms with Gasteiger partial charge in [0.2, 0.25) is 5.91 Å². The van der Waals surface area contributed by atoms with E-state index in [1.807, 2.05) is 0 Å². The van der Waals surface area contributed by atoms with Crippen LogP contribution < -0.4 is 5.32 Å². The first-order valence-electron chi connectivity index (χ1n) is 5.14. The number of alkyl halides is 1. The predicted octanol–water partition coefficient (Wildman–Crippen LogP) is 2.70. The van der Waals surface area contributed by atoms with Gasteiger partial charge in [-0.25, -0.2) is 0 Å². The van der Waals surface area contributed by atoms with E-state index in [1.165, 1.54) is 25.7 Å². The fourth-order valence-electron chi connectivity index (χ4n) is 1.13. The van der Waals surface area contributed by atoms with Crippen LogP contribution in [0.3, 0.4) is 0 Å². The molecule has 3 heteroatoms. The summed E-state index contributed by atoms with van der Waals surface area (Å²) in [7, 11) is 0. The van der Waals surface area contributed by atoms with Gasteiger partial charge >= 0.3 is 0 Å². The van der Waals surface area contributed by atoms with E-state index in [4.69, 9.17) is 11.6 Å². The molecule has 0 atom stereocenters. The fraction of sp³-hybridized carbons (Fsp3) is 0.900. The van der Waals surface area contributed by atoms with Gasteiger partial charge in [-0.2, -0.15) is 0 Å². The van der Waals surface area contributed by atoms with E-state index in [9.17, 15) is 4.79 Å². The van der Waals surface area contributed by atoms with Gasteiger partial charge in [-0.3, -0.25) is 4.79 Å². The third-order valence-corrected chi connectivity index (χ3v) is 2.11. The maximum absolute atomic E-state index is 10.9. The van der Waals surface area contributed by atoms with Crippen LogP contribution in [0.15, 0.2) is 0 Å². The van der Waals surface area contributed by atoms with Gasteiger partial charge in [-0.15, -0.1) is 11.6 Å². The van der Waals surface area contributed by atoms with Gasteiger partial charge in [0.1, 0.15) is 0 Å². The zero-order valence-corrected chi connectivity index (χ0v) is 9.20.